The van der Waals surface area contributed by atoms with Gasteiger partial charge in [-0.25, -0.2) is 0 Å². The number of ether oxygens (including phenoxy) is 1. The highest BCUT2D eigenvalue weighted by molar-refractivity contribution is 6.07. The number of hydrogen-bond donors (Lipinski definition) is 2. The fraction of sp³-hybridized carbons (Fsp3) is 0.727. The lowest BCUT2D eigenvalue weighted by Gasteiger charge is -2.19. The van der Waals surface area contributed by atoms with Crippen LogP contribution in [0, 0.1) is 0 Å². The molecule has 1 rings (SSSR count). The standard InChI is InChI=1S/C11H19N3O4.ClH/c1-6(2)14-9(15)4-8(11(14)17)13-10(16)7(12)5-18-3;/h6-8H,4-5,12H2,1-3H3,(H,13,16);1H. The Morgan fingerprint density at radius 2 is 2.11 bits per heavy atom. The molecule has 0 spiro atoms. The minimum Gasteiger partial charge on any atom is -0.383 e. The van der Waals surface area contributed by atoms with Crippen molar-refractivity contribution in [3.8, 4) is 0 Å². The Hall–Kier alpha value is -1.18. The average molecular weight is 294 g/mol. The smallest absolute Gasteiger partial charge is 0.252 e. The normalized spacial score (nSPS) is 20.5. The van der Waals surface area contributed by atoms with Gasteiger partial charge in [-0.05, 0) is 13.8 Å². The summed E-state index contributed by atoms with van der Waals surface area (Å²) >= 11 is 0. The van der Waals surface area contributed by atoms with Crippen molar-refractivity contribution in [3.63, 3.8) is 0 Å². The summed E-state index contributed by atoms with van der Waals surface area (Å²) in [5, 5.41) is 2.47. The summed E-state index contributed by atoms with van der Waals surface area (Å²) < 4.78 is 4.75. The summed E-state index contributed by atoms with van der Waals surface area (Å²) in [6, 6.07) is -1.86. The molecule has 8 heteroatoms. The Kier molecular flexibility index (Phi) is 6.96. The van der Waals surface area contributed by atoms with E-state index in [1.807, 2.05) is 0 Å². The van der Waals surface area contributed by atoms with Gasteiger partial charge in [0, 0.05) is 13.2 Å². The fourth-order valence-corrected chi connectivity index (χ4v) is 1.84. The van der Waals surface area contributed by atoms with Crippen molar-refractivity contribution in [1.82, 2.24) is 10.2 Å². The molecule has 1 aliphatic rings. The molecule has 0 aromatic heterocycles. The number of imide groups is 1. The van der Waals surface area contributed by atoms with Gasteiger partial charge in [-0.2, -0.15) is 0 Å². The number of hydrogen-bond acceptors (Lipinski definition) is 5. The third-order valence-corrected chi connectivity index (χ3v) is 2.70. The maximum Gasteiger partial charge on any atom is 0.252 e. The molecule has 0 saturated carbocycles. The summed E-state index contributed by atoms with van der Waals surface area (Å²) in [4.78, 5) is 36.3. The first kappa shape index (κ1) is 17.8. The number of methoxy groups -OCH3 is 1. The predicted octanol–water partition coefficient (Wildman–Crippen LogP) is -0.966. The summed E-state index contributed by atoms with van der Waals surface area (Å²) in [5.74, 6) is -1.15. The Balaban J connectivity index is 0.00000324. The topological polar surface area (TPSA) is 102 Å². The lowest BCUT2D eigenvalue weighted by Crippen LogP contribution is -2.50. The van der Waals surface area contributed by atoms with E-state index in [0.717, 1.165) is 4.90 Å². The molecule has 1 fully saturated rings. The molecule has 0 aliphatic carbocycles. The molecule has 19 heavy (non-hydrogen) atoms. The van der Waals surface area contributed by atoms with Crippen LogP contribution in [0.2, 0.25) is 0 Å². The lowest BCUT2D eigenvalue weighted by atomic mass is 10.2. The van der Waals surface area contributed by atoms with Gasteiger partial charge in [-0.15, -0.1) is 12.4 Å². The molecule has 0 aromatic rings. The van der Waals surface area contributed by atoms with E-state index in [2.05, 4.69) is 5.32 Å². The average Bonchev–Trinajstić information content (AvgIpc) is 2.54. The van der Waals surface area contributed by atoms with Crippen molar-refractivity contribution in [2.75, 3.05) is 13.7 Å². The molecule has 2 atom stereocenters. The van der Waals surface area contributed by atoms with Gasteiger partial charge in [0.2, 0.25) is 11.8 Å². The highest BCUT2D eigenvalue weighted by atomic mass is 35.5. The van der Waals surface area contributed by atoms with Gasteiger partial charge in [-0.3, -0.25) is 19.3 Å². The first-order valence-corrected chi connectivity index (χ1v) is 5.79. The largest absolute Gasteiger partial charge is 0.383 e. The predicted molar refractivity (Wildman–Crippen MR) is 70.6 cm³/mol. The summed E-state index contributed by atoms with van der Waals surface area (Å²) in [6.07, 6.45) is -0.0115. The minimum absolute atomic E-state index is 0. The van der Waals surface area contributed by atoms with Crippen LogP contribution in [0.5, 0.6) is 0 Å². The van der Waals surface area contributed by atoms with Crippen LogP contribution in [0.1, 0.15) is 20.3 Å². The van der Waals surface area contributed by atoms with E-state index in [9.17, 15) is 14.4 Å². The molecule has 0 radical (unpaired) electrons. The molecule has 1 aliphatic heterocycles. The van der Waals surface area contributed by atoms with Crippen LogP contribution < -0.4 is 11.1 Å². The number of likely N-dealkylation sites (tertiary alicyclic amines) is 1. The van der Waals surface area contributed by atoms with Gasteiger partial charge < -0.3 is 15.8 Å². The number of halogens is 1. The van der Waals surface area contributed by atoms with E-state index in [-0.39, 0.29) is 43.3 Å². The second-order valence-corrected chi connectivity index (χ2v) is 4.52. The first-order valence-electron chi connectivity index (χ1n) is 5.79. The van der Waals surface area contributed by atoms with Gasteiger partial charge in [0.05, 0.1) is 13.0 Å². The number of nitrogens with two attached hydrogens (primary N) is 1. The zero-order valence-corrected chi connectivity index (χ0v) is 12.0. The zero-order valence-electron chi connectivity index (χ0n) is 11.2. The zero-order chi connectivity index (χ0) is 13.9. The van der Waals surface area contributed by atoms with Crippen molar-refractivity contribution in [1.29, 1.82) is 0 Å². The van der Waals surface area contributed by atoms with Crippen LogP contribution in [-0.4, -0.2) is 54.5 Å². The molecule has 3 N–H and O–H groups in total. The molecule has 3 amide bonds. The maximum atomic E-state index is 11.9. The van der Waals surface area contributed by atoms with E-state index in [1.54, 1.807) is 13.8 Å². The van der Waals surface area contributed by atoms with Gasteiger partial charge in [-0.1, -0.05) is 0 Å². The highest BCUT2D eigenvalue weighted by Crippen LogP contribution is 2.16. The Labute approximate surface area is 118 Å². The van der Waals surface area contributed by atoms with Gasteiger partial charge >= 0.3 is 0 Å². The molecule has 1 saturated heterocycles. The van der Waals surface area contributed by atoms with E-state index < -0.39 is 18.0 Å². The van der Waals surface area contributed by atoms with E-state index in [1.165, 1.54) is 7.11 Å². The van der Waals surface area contributed by atoms with Gasteiger partial charge in [0.1, 0.15) is 12.1 Å². The van der Waals surface area contributed by atoms with Crippen LogP contribution in [0.25, 0.3) is 0 Å². The molecule has 0 aromatic carbocycles. The lowest BCUT2D eigenvalue weighted by molar-refractivity contribution is -0.141. The van der Waals surface area contributed by atoms with Crippen molar-refractivity contribution in [3.05, 3.63) is 0 Å². The molecule has 1 heterocycles. The molecular weight excluding hydrogens is 274 g/mol. The summed E-state index contributed by atoms with van der Waals surface area (Å²) in [6.45, 7) is 3.56. The Morgan fingerprint density at radius 3 is 2.53 bits per heavy atom. The van der Waals surface area contributed by atoms with Crippen molar-refractivity contribution in [2.45, 2.75) is 38.4 Å². The summed E-state index contributed by atoms with van der Waals surface area (Å²) in [7, 11) is 1.43. The molecule has 7 nitrogen and oxygen atoms in total. The maximum absolute atomic E-state index is 11.9. The molecular formula is C11H20ClN3O4. The highest BCUT2D eigenvalue weighted by Gasteiger charge is 2.41. The minimum atomic E-state index is -0.842. The SMILES string of the molecule is COCC(N)C(=O)NC1CC(=O)N(C(C)C)C1=O.Cl. The van der Waals surface area contributed by atoms with E-state index in [4.69, 9.17) is 10.5 Å². The number of nitrogens with zero attached hydrogens (tertiary/aromatic N) is 1. The van der Waals surface area contributed by atoms with Crippen LogP contribution in [-0.2, 0) is 19.1 Å². The first-order chi connectivity index (χ1) is 8.38. The van der Waals surface area contributed by atoms with Crippen molar-refractivity contribution < 1.29 is 19.1 Å². The van der Waals surface area contributed by atoms with Gasteiger partial charge in [0.25, 0.3) is 5.91 Å². The van der Waals surface area contributed by atoms with E-state index >= 15 is 0 Å². The second-order valence-electron chi connectivity index (χ2n) is 4.52. The quantitative estimate of drug-likeness (QED) is 0.635. The number of amides is 3. The third kappa shape index (κ3) is 4.15. The number of carbonyl (C=O) groups is 3. The Bertz CT molecular complexity index is 362. The van der Waals surface area contributed by atoms with Gasteiger partial charge in [0.15, 0.2) is 0 Å². The number of rotatable bonds is 5. The third-order valence-electron chi connectivity index (χ3n) is 2.70. The molecule has 0 bridgehead atoms. The van der Waals surface area contributed by atoms with Crippen LogP contribution in [0.3, 0.4) is 0 Å². The van der Waals surface area contributed by atoms with E-state index in [0.29, 0.717) is 0 Å². The van der Waals surface area contributed by atoms with Crippen LogP contribution in [0.15, 0.2) is 0 Å². The number of carbonyl (C=O) groups excluding carboxylic acids is 3. The molecule has 2 unspecified atom stereocenters. The van der Waals surface area contributed by atoms with Crippen LogP contribution in [0.4, 0.5) is 0 Å². The Morgan fingerprint density at radius 1 is 1.53 bits per heavy atom. The van der Waals surface area contributed by atoms with Crippen molar-refractivity contribution in [2.24, 2.45) is 5.73 Å². The second kappa shape index (κ2) is 7.42. The molecule has 110 valence electrons. The van der Waals surface area contributed by atoms with Crippen molar-refractivity contribution >= 4 is 30.1 Å². The monoisotopic (exact) mass is 293 g/mol. The number of nitrogens with one attached hydrogen (secondary N) is 1. The fourth-order valence-electron chi connectivity index (χ4n) is 1.84. The summed E-state index contributed by atoms with van der Waals surface area (Å²) in [5.41, 5.74) is 5.53. The van der Waals surface area contributed by atoms with Crippen LogP contribution >= 0.6 is 12.4 Å².